The first kappa shape index (κ1) is 20.3. The van der Waals surface area contributed by atoms with Crippen molar-refractivity contribution in [1.82, 2.24) is 24.2 Å². The number of rotatable bonds is 4. The Morgan fingerprint density at radius 2 is 2.06 bits per heavy atom. The van der Waals surface area contributed by atoms with Gasteiger partial charge in [0, 0.05) is 50.5 Å². The number of hydrogen-bond donors (Lipinski definition) is 1. The van der Waals surface area contributed by atoms with Crippen LogP contribution in [-0.4, -0.2) is 42.9 Å². The molecule has 1 fully saturated rings. The van der Waals surface area contributed by atoms with Crippen LogP contribution in [0.15, 0.2) is 30.5 Å². The first-order valence-electron chi connectivity index (χ1n) is 10.6. The third-order valence-corrected chi connectivity index (χ3v) is 6.30. The highest BCUT2D eigenvalue weighted by molar-refractivity contribution is 5.51. The third kappa shape index (κ3) is 3.56. The van der Waals surface area contributed by atoms with Crippen LogP contribution in [0, 0.1) is 11.6 Å². The van der Waals surface area contributed by atoms with E-state index in [1.54, 1.807) is 4.68 Å². The predicted molar refractivity (Wildman–Crippen MR) is 111 cm³/mol. The molecule has 0 amide bonds. The predicted octanol–water partition coefficient (Wildman–Crippen LogP) is 2.75. The molecule has 0 radical (unpaired) electrons. The van der Waals surface area contributed by atoms with E-state index >= 15 is 0 Å². The van der Waals surface area contributed by atoms with Crippen molar-refractivity contribution >= 4 is 0 Å². The van der Waals surface area contributed by atoms with Crippen LogP contribution < -0.4 is 5.73 Å². The molecule has 164 valence electrons. The van der Waals surface area contributed by atoms with E-state index in [2.05, 4.69) is 21.5 Å². The zero-order valence-corrected chi connectivity index (χ0v) is 17.6. The van der Waals surface area contributed by atoms with Crippen LogP contribution in [0.5, 0.6) is 0 Å². The quantitative estimate of drug-likeness (QED) is 0.692. The molecule has 2 aliphatic heterocycles. The van der Waals surface area contributed by atoms with Gasteiger partial charge in [-0.1, -0.05) is 0 Å². The van der Waals surface area contributed by atoms with Gasteiger partial charge in [0.1, 0.15) is 23.4 Å². The summed E-state index contributed by atoms with van der Waals surface area (Å²) in [5.41, 5.74) is 9.65. The van der Waals surface area contributed by atoms with Crippen molar-refractivity contribution in [3.63, 3.8) is 0 Å². The van der Waals surface area contributed by atoms with E-state index in [9.17, 15) is 8.78 Å². The molecule has 31 heavy (non-hydrogen) atoms. The lowest BCUT2D eigenvalue weighted by Crippen LogP contribution is -2.47. The molecule has 0 unspecified atom stereocenters. The first-order valence-corrected chi connectivity index (χ1v) is 10.6. The monoisotopic (exact) mass is 428 g/mol. The van der Waals surface area contributed by atoms with Crippen molar-refractivity contribution in [1.29, 1.82) is 0 Å². The van der Waals surface area contributed by atoms with Crippen LogP contribution in [-0.2, 0) is 31.4 Å². The maximum atomic E-state index is 14.2. The SMILES string of the molecule is CCn1c(-c2ccn(C)n2)nc2c1CN([C@H]1CO[C@H](c3cc(F)ccc3F)[C@@H](N)C1)C2. The molecule has 2 aromatic heterocycles. The normalized spacial score (nSPS) is 24.0. The highest BCUT2D eigenvalue weighted by atomic mass is 19.1. The van der Waals surface area contributed by atoms with Crippen LogP contribution in [0.2, 0.25) is 0 Å². The number of hydrogen-bond acceptors (Lipinski definition) is 5. The van der Waals surface area contributed by atoms with Gasteiger partial charge < -0.3 is 15.0 Å². The summed E-state index contributed by atoms with van der Waals surface area (Å²) in [6.07, 6.45) is 1.92. The molecule has 0 saturated carbocycles. The molecule has 2 aliphatic rings. The van der Waals surface area contributed by atoms with Crippen LogP contribution in [0.25, 0.3) is 11.5 Å². The van der Waals surface area contributed by atoms with Crippen LogP contribution >= 0.6 is 0 Å². The molecular weight excluding hydrogens is 402 g/mol. The molecule has 1 aromatic carbocycles. The minimum Gasteiger partial charge on any atom is -0.370 e. The molecule has 5 rings (SSSR count). The molecule has 2 N–H and O–H groups in total. The number of nitrogens with zero attached hydrogens (tertiary/aromatic N) is 5. The molecule has 9 heteroatoms. The second-order valence-electron chi connectivity index (χ2n) is 8.33. The smallest absolute Gasteiger partial charge is 0.161 e. The Kier molecular flexibility index (Phi) is 5.11. The topological polar surface area (TPSA) is 74.1 Å². The molecule has 0 bridgehead atoms. The summed E-state index contributed by atoms with van der Waals surface area (Å²) in [5, 5.41) is 4.50. The third-order valence-electron chi connectivity index (χ3n) is 6.30. The van der Waals surface area contributed by atoms with Gasteiger partial charge in [0.15, 0.2) is 5.82 Å². The Morgan fingerprint density at radius 3 is 2.77 bits per heavy atom. The van der Waals surface area contributed by atoms with Crippen molar-refractivity contribution in [2.24, 2.45) is 12.8 Å². The van der Waals surface area contributed by atoms with Gasteiger partial charge in [0.2, 0.25) is 0 Å². The summed E-state index contributed by atoms with van der Waals surface area (Å²) in [5.74, 6) is -0.0844. The fraction of sp³-hybridized carbons (Fsp3) is 0.455. The number of fused-ring (bicyclic) bond motifs is 1. The second-order valence-corrected chi connectivity index (χ2v) is 8.33. The van der Waals surface area contributed by atoms with E-state index in [0.29, 0.717) is 19.6 Å². The van der Waals surface area contributed by atoms with E-state index in [1.807, 2.05) is 19.3 Å². The van der Waals surface area contributed by atoms with Gasteiger partial charge in [-0.05, 0) is 37.6 Å². The minimum atomic E-state index is -0.643. The van der Waals surface area contributed by atoms with Crippen molar-refractivity contribution in [3.05, 3.63) is 59.0 Å². The van der Waals surface area contributed by atoms with Gasteiger partial charge >= 0.3 is 0 Å². The lowest BCUT2D eigenvalue weighted by atomic mass is 9.93. The Bertz CT molecular complexity index is 1110. The Balaban J connectivity index is 1.31. The number of ether oxygens (including phenoxy) is 1. The summed E-state index contributed by atoms with van der Waals surface area (Å²) in [6.45, 7) is 4.79. The summed E-state index contributed by atoms with van der Waals surface area (Å²) in [7, 11) is 1.90. The number of halogens is 2. The number of aromatic nitrogens is 4. The van der Waals surface area contributed by atoms with Crippen LogP contribution in [0.3, 0.4) is 0 Å². The van der Waals surface area contributed by atoms with Gasteiger partial charge in [-0.3, -0.25) is 9.58 Å². The fourth-order valence-electron chi connectivity index (χ4n) is 4.76. The van der Waals surface area contributed by atoms with Crippen LogP contribution in [0.4, 0.5) is 8.78 Å². The van der Waals surface area contributed by atoms with E-state index < -0.39 is 23.8 Å². The molecule has 0 aliphatic carbocycles. The zero-order chi connectivity index (χ0) is 21.7. The van der Waals surface area contributed by atoms with Crippen molar-refractivity contribution in [2.45, 2.75) is 51.2 Å². The lowest BCUT2D eigenvalue weighted by Gasteiger charge is -2.38. The summed E-state index contributed by atoms with van der Waals surface area (Å²) in [6, 6.07) is 5.06. The van der Waals surface area contributed by atoms with Gasteiger partial charge in [-0.2, -0.15) is 5.10 Å². The number of imidazole rings is 1. The molecule has 4 heterocycles. The Labute approximate surface area is 179 Å². The largest absolute Gasteiger partial charge is 0.370 e. The Morgan fingerprint density at radius 1 is 1.23 bits per heavy atom. The van der Waals surface area contributed by atoms with Gasteiger partial charge in [-0.25, -0.2) is 13.8 Å². The Hall–Kier alpha value is -2.62. The van der Waals surface area contributed by atoms with Crippen LogP contribution in [0.1, 0.15) is 36.4 Å². The first-order chi connectivity index (χ1) is 14.9. The molecule has 0 spiro atoms. The van der Waals surface area contributed by atoms with E-state index in [1.165, 1.54) is 11.8 Å². The zero-order valence-electron chi connectivity index (χ0n) is 17.6. The number of nitrogens with two attached hydrogens (primary N) is 1. The fourth-order valence-corrected chi connectivity index (χ4v) is 4.76. The summed E-state index contributed by atoms with van der Waals surface area (Å²) in [4.78, 5) is 7.18. The van der Waals surface area contributed by atoms with Gasteiger partial charge in [-0.15, -0.1) is 0 Å². The molecule has 7 nitrogen and oxygen atoms in total. The van der Waals surface area contributed by atoms with Crippen molar-refractivity contribution < 1.29 is 13.5 Å². The summed E-state index contributed by atoms with van der Waals surface area (Å²) < 4.78 is 37.7. The average Bonchev–Trinajstić information content (AvgIpc) is 3.43. The molecule has 3 atom stereocenters. The average molecular weight is 428 g/mol. The highest BCUT2D eigenvalue weighted by Gasteiger charge is 2.38. The molecule has 3 aromatic rings. The number of benzene rings is 1. The lowest BCUT2D eigenvalue weighted by molar-refractivity contribution is -0.0535. The maximum Gasteiger partial charge on any atom is 0.161 e. The maximum absolute atomic E-state index is 14.2. The van der Waals surface area contributed by atoms with Crippen molar-refractivity contribution in [3.8, 4) is 11.5 Å². The standard InChI is InChI=1S/C22H26F2N6O/c1-3-30-20-11-29(10-19(20)26-22(30)18-6-7-28(2)27-18)14-9-17(25)21(31-12-14)15-8-13(23)4-5-16(15)24/h4-8,14,17,21H,3,9-12,25H2,1-2H3/t14-,17+,21-/m1/s1. The second kappa shape index (κ2) is 7.81. The minimum absolute atomic E-state index is 0.0978. The van der Waals surface area contributed by atoms with Gasteiger partial charge in [0.25, 0.3) is 0 Å². The number of aryl methyl sites for hydroxylation is 1. The van der Waals surface area contributed by atoms with Crippen molar-refractivity contribution in [2.75, 3.05) is 6.61 Å². The highest BCUT2D eigenvalue weighted by Crippen LogP contribution is 2.35. The van der Waals surface area contributed by atoms with E-state index in [4.69, 9.17) is 15.5 Å². The van der Waals surface area contributed by atoms with E-state index in [-0.39, 0.29) is 11.6 Å². The molecular formula is C22H26F2N6O. The summed E-state index contributed by atoms with van der Waals surface area (Å²) >= 11 is 0. The molecule has 1 saturated heterocycles. The van der Waals surface area contributed by atoms with Gasteiger partial charge in [0.05, 0.1) is 18.0 Å². The van der Waals surface area contributed by atoms with E-state index in [0.717, 1.165) is 42.4 Å².